The number of para-hydroxylation sites is 2. The molecule has 0 atom stereocenters. The van der Waals surface area contributed by atoms with Gasteiger partial charge >= 0.3 is 0 Å². The third-order valence-electron chi connectivity index (χ3n) is 9.44. The summed E-state index contributed by atoms with van der Waals surface area (Å²) in [6.45, 7) is 7.58. The van der Waals surface area contributed by atoms with E-state index >= 15 is 0 Å². The Kier molecular flexibility index (Phi) is 7.06. The van der Waals surface area contributed by atoms with Crippen LogP contribution in [0.4, 0.5) is 34.1 Å². The van der Waals surface area contributed by atoms with Crippen LogP contribution in [0, 0.1) is 0 Å². The zero-order chi connectivity index (χ0) is 33.0. The molecule has 1 aliphatic carbocycles. The predicted octanol–water partition coefficient (Wildman–Crippen LogP) is 10.6. The van der Waals surface area contributed by atoms with Crippen molar-refractivity contribution in [3.05, 3.63) is 155 Å². The number of nitrogens with two attached hydrogens (primary N) is 1. The molecule has 3 aliphatic rings. The van der Waals surface area contributed by atoms with Gasteiger partial charge in [-0.3, -0.25) is 4.79 Å². The SMILES string of the molecule is CC(C)(C)c1ccc(N(c2ccccc2)c2ccc(-c3c4ccc(=O)cc-4oc4cc(N5CCc6ccccc65)ccc34)c(N)c2)cc1. The van der Waals surface area contributed by atoms with Gasteiger partial charge in [-0.15, -0.1) is 0 Å². The highest BCUT2D eigenvalue weighted by molar-refractivity contribution is 6.05. The smallest absolute Gasteiger partial charge is 0.182 e. The molecule has 5 aromatic rings. The third kappa shape index (κ3) is 5.18. The van der Waals surface area contributed by atoms with Gasteiger partial charge in [-0.25, -0.2) is 0 Å². The Morgan fingerprint density at radius 1 is 0.708 bits per heavy atom. The van der Waals surface area contributed by atoms with E-state index < -0.39 is 0 Å². The maximum Gasteiger partial charge on any atom is 0.182 e. The molecule has 48 heavy (non-hydrogen) atoms. The molecule has 2 N–H and O–H groups in total. The van der Waals surface area contributed by atoms with Gasteiger partial charge in [0.15, 0.2) is 5.43 Å². The molecule has 0 saturated heterocycles. The summed E-state index contributed by atoms with van der Waals surface area (Å²) in [7, 11) is 0. The van der Waals surface area contributed by atoms with Gasteiger partial charge in [0.05, 0.1) is 0 Å². The third-order valence-corrected chi connectivity index (χ3v) is 9.44. The summed E-state index contributed by atoms with van der Waals surface area (Å²) in [6.07, 6.45) is 0.998. The van der Waals surface area contributed by atoms with E-state index in [-0.39, 0.29) is 10.8 Å². The van der Waals surface area contributed by atoms with Crippen LogP contribution in [0.5, 0.6) is 0 Å². The molecule has 2 heterocycles. The Labute approximate surface area is 280 Å². The van der Waals surface area contributed by atoms with Crippen molar-refractivity contribution in [2.24, 2.45) is 0 Å². The number of rotatable bonds is 5. The summed E-state index contributed by atoms with van der Waals surface area (Å²) in [4.78, 5) is 17.1. The van der Waals surface area contributed by atoms with E-state index in [1.807, 2.05) is 18.2 Å². The lowest BCUT2D eigenvalue weighted by Crippen LogP contribution is -2.13. The number of benzene rings is 6. The number of fused-ring (bicyclic) bond motifs is 3. The molecule has 236 valence electrons. The summed E-state index contributed by atoms with van der Waals surface area (Å²) >= 11 is 0. The molecule has 0 aromatic heterocycles. The molecule has 0 radical (unpaired) electrons. The van der Waals surface area contributed by atoms with Gasteiger partial charge in [-0.1, -0.05) is 75.4 Å². The molecule has 0 bridgehead atoms. The average Bonchev–Trinajstić information content (AvgIpc) is 3.52. The molecule has 0 spiro atoms. The predicted molar refractivity (Wildman–Crippen MR) is 199 cm³/mol. The highest BCUT2D eigenvalue weighted by atomic mass is 16.3. The lowest BCUT2D eigenvalue weighted by atomic mass is 9.87. The molecule has 5 nitrogen and oxygen atoms in total. The van der Waals surface area contributed by atoms with Gasteiger partial charge in [0.1, 0.15) is 11.3 Å². The topological polar surface area (TPSA) is 62.7 Å². The number of nitrogens with zero attached hydrogens (tertiary/aromatic N) is 2. The zero-order valence-electron chi connectivity index (χ0n) is 27.4. The van der Waals surface area contributed by atoms with Crippen molar-refractivity contribution in [3.8, 4) is 22.5 Å². The summed E-state index contributed by atoms with van der Waals surface area (Å²) in [5, 5.41) is 0.939. The fourth-order valence-corrected chi connectivity index (χ4v) is 6.98. The van der Waals surface area contributed by atoms with Crippen molar-refractivity contribution < 1.29 is 4.42 Å². The Morgan fingerprint density at radius 3 is 2.19 bits per heavy atom. The first-order valence-corrected chi connectivity index (χ1v) is 16.5. The molecule has 0 fully saturated rings. The maximum atomic E-state index is 12.5. The van der Waals surface area contributed by atoms with Crippen LogP contribution in [-0.4, -0.2) is 6.54 Å². The van der Waals surface area contributed by atoms with E-state index in [1.54, 1.807) is 12.1 Å². The van der Waals surface area contributed by atoms with E-state index in [0.717, 1.165) is 57.8 Å². The van der Waals surface area contributed by atoms with Crippen molar-refractivity contribution in [2.45, 2.75) is 32.6 Å². The minimum Gasteiger partial charge on any atom is -0.456 e. The molecule has 0 unspecified atom stereocenters. The van der Waals surface area contributed by atoms with E-state index in [9.17, 15) is 4.79 Å². The highest BCUT2D eigenvalue weighted by Gasteiger charge is 2.24. The van der Waals surface area contributed by atoms with E-state index in [1.165, 1.54) is 16.8 Å². The first-order valence-electron chi connectivity index (χ1n) is 16.5. The fourth-order valence-electron chi connectivity index (χ4n) is 6.98. The molecule has 0 saturated carbocycles. The second kappa shape index (κ2) is 11.5. The molecule has 8 rings (SSSR count). The second-order valence-electron chi connectivity index (χ2n) is 13.6. The van der Waals surface area contributed by atoms with Gasteiger partial charge in [0.2, 0.25) is 0 Å². The van der Waals surface area contributed by atoms with Crippen LogP contribution in [0.1, 0.15) is 31.9 Å². The van der Waals surface area contributed by atoms with Gasteiger partial charge in [-0.2, -0.15) is 0 Å². The van der Waals surface area contributed by atoms with Crippen LogP contribution in [-0.2, 0) is 11.8 Å². The van der Waals surface area contributed by atoms with Crippen LogP contribution in [0.3, 0.4) is 0 Å². The Hall–Kier alpha value is -5.81. The van der Waals surface area contributed by atoms with Crippen LogP contribution >= 0.6 is 0 Å². The first-order chi connectivity index (χ1) is 23.2. The number of hydrogen-bond acceptors (Lipinski definition) is 5. The van der Waals surface area contributed by atoms with Gasteiger partial charge in [0.25, 0.3) is 0 Å². The van der Waals surface area contributed by atoms with Crippen molar-refractivity contribution in [1.29, 1.82) is 0 Å². The number of hydrogen-bond donors (Lipinski definition) is 1. The highest BCUT2D eigenvalue weighted by Crippen LogP contribution is 2.46. The summed E-state index contributed by atoms with van der Waals surface area (Å²) in [5.41, 5.74) is 18.9. The fraction of sp³-hybridized carbons (Fsp3) is 0.140. The first kappa shape index (κ1) is 29.6. The maximum absolute atomic E-state index is 12.5. The number of nitrogen functional groups attached to an aromatic ring is 1. The Balaban J connectivity index is 1.26. The van der Waals surface area contributed by atoms with E-state index in [0.29, 0.717) is 17.0 Å². The quantitative estimate of drug-likeness (QED) is 0.152. The van der Waals surface area contributed by atoms with Crippen molar-refractivity contribution in [2.75, 3.05) is 22.1 Å². The van der Waals surface area contributed by atoms with Gasteiger partial charge in [-0.05, 0) is 89.7 Å². The minimum atomic E-state index is -0.0968. The minimum absolute atomic E-state index is 0.0578. The number of anilines is 6. The normalized spacial score (nSPS) is 12.9. The Morgan fingerprint density at radius 2 is 1.42 bits per heavy atom. The van der Waals surface area contributed by atoms with E-state index in [2.05, 4.69) is 134 Å². The van der Waals surface area contributed by atoms with Gasteiger partial charge in [0, 0.05) is 74.9 Å². The summed E-state index contributed by atoms with van der Waals surface area (Å²) in [5.74, 6) is 0.539. The van der Waals surface area contributed by atoms with Crippen molar-refractivity contribution in [3.63, 3.8) is 0 Å². The molecule has 5 aromatic carbocycles. The molecule has 0 amide bonds. The van der Waals surface area contributed by atoms with Crippen LogP contribution in [0.2, 0.25) is 0 Å². The molecular formula is C43H37N3O2. The lowest BCUT2D eigenvalue weighted by Gasteiger charge is -2.27. The molecule has 2 aliphatic heterocycles. The molecular weight excluding hydrogens is 590 g/mol. The van der Waals surface area contributed by atoms with Crippen LogP contribution in [0.15, 0.2) is 143 Å². The van der Waals surface area contributed by atoms with E-state index in [4.69, 9.17) is 10.2 Å². The zero-order valence-corrected chi connectivity index (χ0v) is 27.4. The summed E-state index contributed by atoms with van der Waals surface area (Å²) in [6, 6.07) is 45.2. The average molecular weight is 628 g/mol. The monoisotopic (exact) mass is 627 g/mol. The summed E-state index contributed by atoms with van der Waals surface area (Å²) < 4.78 is 6.45. The lowest BCUT2D eigenvalue weighted by molar-refractivity contribution is 0.590. The van der Waals surface area contributed by atoms with Crippen molar-refractivity contribution >= 4 is 45.1 Å². The van der Waals surface area contributed by atoms with Gasteiger partial charge < -0.3 is 20.0 Å². The standard InChI is InChI=1S/C43H37N3O2/c1-43(2,3)29-13-15-31(16-14-29)46(30-10-5-4-6-11-30)33-18-20-35(38(44)25-33)42-36-21-17-32(45-24-23-28-9-7-8-12-39(28)45)26-40(36)48-41-27-34(47)19-22-37(41)42/h4-22,25-27H,23-24,44H2,1-3H3. The van der Waals surface area contributed by atoms with Crippen LogP contribution in [0.25, 0.3) is 33.4 Å². The van der Waals surface area contributed by atoms with Crippen molar-refractivity contribution in [1.82, 2.24) is 0 Å². The van der Waals surface area contributed by atoms with Crippen LogP contribution < -0.4 is 21.0 Å². The molecule has 5 heteroatoms. The second-order valence-corrected chi connectivity index (χ2v) is 13.6. The Bertz CT molecular complexity index is 2320. The largest absolute Gasteiger partial charge is 0.456 e.